The SMILES string of the molecule is CCCNCc1ccc(C)cc1-c1cccc(C)c1C. The van der Waals surface area contributed by atoms with E-state index >= 15 is 0 Å². The summed E-state index contributed by atoms with van der Waals surface area (Å²) in [5, 5.41) is 3.52. The lowest BCUT2D eigenvalue weighted by Crippen LogP contribution is -2.14. The molecule has 1 nitrogen and oxygen atoms in total. The van der Waals surface area contributed by atoms with Gasteiger partial charge in [0.2, 0.25) is 0 Å². The molecule has 0 atom stereocenters. The van der Waals surface area contributed by atoms with Crippen LogP contribution in [0.2, 0.25) is 0 Å². The summed E-state index contributed by atoms with van der Waals surface area (Å²) in [5.74, 6) is 0. The summed E-state index contributed by atoms with van der Waals surface area (Å²) < 4.78 is 0. The van der Waals surface area contributed by atoms with Crippen LogP contribution in [0.3, 0.4) is 0 Å². The molecule has 0 heterocycles. The molecule has 0 amide bonds. The van der Waals surface area contributed by atoms with Gasteiger partial charge >= 0.3 is 0 Å². The van der Waals surface area contributed by atoms with Crippen molar-refractivity contribution < 1.29 is 0 Å². The molecule has 0 aliphatic carbocycles. The van der Waals surface area contributed by atoms with Crippen LogP contribution in [-0.2, 0) is 6.54 Å². The van der Waals surface area contributed by atoms with E-state index in [0.29, 0.717) is 0 Å². The van der Waals surface area contributed by atoms with E-state index < -0.39 is 0 Å². The van der Waals surface area contributed by atoms with Crippen LogP contribution < -0.4 is 5.32 Å². The Labute approximate surface area is 123 Å². The minimum absolute atomic E-state index is 0.941. The van der Waals surface area contributed by atoms with Gasteiger partial charge in [0.1, 0.15) is 0 Å². The summed E-state index contributed by atoms with van der Waals surface area (Å²) in [4.78, 5) is 0. The number of hydrogen-bond donors (Lipinski definition) is 1. The van der Waals surface area contributed by atoms with Crippen molar-refractivity contribution in [3.8, 4) is 11.1 Å². The Balaban J connectivity index is 2.43. The number of rotatable bonds is 5. The highest BCUT2D eigenvalue weighted by Gasteiger charge is 2.09. The summed E-state index contributed by atoms with van der Waals surface area (Å²) in [6, 6.07) is 13.4. The van der Waals surface area contributed by atoms with Gasteiger partial charge < -0.3 is 5.32 Å². The highest BCUT2D eigenvalue weighted by Crippen LogP contribution is 2.29. The monoisotopic (exact) mass is 267 g/mol. The van der Waals surface area contributed by atoms with Crippen LogP contribution in [0.15, 0.2) is 36.4 Å². The maximum Gasteiger partial charge on any atom is 0.0211 e. The molecule has 0 saturated carbocycles. The van der Waals surface area contributed by atoms with Crippen molar-refractivity contribution >= 4 is 0 Å². The van der Waals surface area contributed by atoms with Crippen LogP contribution in [0, 0.1) is 20.8 Å². The second-order valence-electron chi connectivity index (χ2n) is 5.58. The average Bonchev–Trinajstić information content (AvgIpc) is 2.44. The Hall–Kier alpha value is -1.60. The predicted molar refractivity (Wildman–Crippen MR) is 88.1 cm³/mol. The smallest absolute Gasteiger partial charge is 0.0211 e. The fourth-order valence-corrected chi connectivity index (χ4v) is 2.54. The minimum Gasteiger partial charge on any atom is -0.313 e. The topological polar surface area (TPSA) is 12.0 Å². The van der Waals surface area contributed by atoms with Crippen LogP contribution in [0.4, 0.5) is 0 Å². The third-order valence-corrected chi connectivity index (χ3v) is 3.90. The zero-order valence-corrected chi connectivity index (χ0v) is 13.1. The molecule has 20 heavy (non-hydrogen) atoms. The van der Waals surface area contributed by atoms with Crippen molar-refractivity contribution in [3.05, 3.63) is 58.7 Å². The van der Waals surface area contributed by atoms with Gasteiger partial charge in [-0.2, -0.15) is 0 Å². The third kappa shape index (κ3) is 3.29. The first kappa shape index (κ1) is 14.8. The molecule has 0 radical (unpaired) electrons. The van der Waals surface area contributed by atoms with E-state index in [0.717, 1.165) is 13.1 Å². The Kier molecular flexibility index (Phi) is 4.97. The molecular formula is C19H25N. The first-order chi connectivity index (χ1) is 9.63. The lowest BCUT2D eigenvalue weighted by atomic mass is 9.92. The van der Waals surface area contributed by atoms with Crippen molar-refractivity contribution in [1.29, 1.82) is 0 Å². The Morgan fingerprint density at radius 1 is 0.950 bits per heavy atom. The zero-order chi connectivity index (χ0) is 14.5. The average molecular weight is 267 g/mol. The molecule has 1 heteroatoms. The summed E-state index contributed by atoms with van der Waals surface area (Å²) in [7, 11) is 0. The number of nitrogens with one attached hydrogen (secondary N) is 1. The van der Waals surface area contributed by atoms with Crippen LogP contribution in [0.25, 0.3) is 11.1 Å². The summed E-state index contributed by atoms with van der Waals surface area (Å²) >= 11 is 0. The number of hydrogen-bond acceptors (Lipinski definition) is 1. The van der Waals surface area contributed by atoms with Gasteiger partial charge in [-0.3, -0.25) is 0 Å². The first-order valence-corrected chi connectivity index (χ1v) is 7.50. The van der Waals surface area contributed by atoms with E-state index in [-0.39, 0.29) is 0 Å². The molecule has 1 N–H and O–H groups in total. The highest BCUT2D eigenvalue weighted by molar-refractivity contribution is 5.72. The third-order valence-electron chi connectivity index (χ3n) is 3.90. The molecule has 2 aromatic rings. The van der Waals surface area contributed by atoms with Crippen molar-refractivity contribution in [2.75, 3.05) is 6.54 Å². The molecule has 0 unspecified atom stereocenters. The van der Waals surface area contributed by atoms with Gasteiger partial charge in [0.25, 0.3) is 0 Å². The maximum atomic E-state index is 3.52. The molecule has 0 spiro atoms. The molecular weight excluding hydrogens is 242 g/mol. The molecule has 0 aromatic heterocycles. The Morgan fingerprint density at radius 3 is 2.50 bits per heavy atom. The lowest BCUT2D eigenvalue weighted by Gasteiger charge is -2.15. The Bertz CT molecular complexity index is 584. The molecule has 0 aliphatic heterocycles. The second kappa shape index (κ2) is 6.71. The van der Waals surface area contributed by atoms with E-state index in [1.807, 2.05) is 0 Å². The van der Waals surface area contributed by atoms with Gasteiger partial charge in [0, 0.05) is 6.54 Å². The van der Waals surface area contributed by atoms with Crippen molar-refractivity contribution in [3.63, 3.8) is 0 Å². The normalized spacial score (nSPS) is 10.8. The second-order valence-corrected chi connectivity index (χ2v) is 5.58. The molecule has 0 bridgehead atoms. The molecule has 2 aromatic carbocycles. The number of aryl methyl sites for hydroxylation is 2. The van der Waals surface area contributed by atoms with Crippen molar-refractivity contribution in [2.45, 2.75) is 40.7 Å². The van der Waals surface area contributed by atoms with Crippen LogP contribution in [0.5, 0.6) is 0 Å². The molecule has 0 fully saturated rings. The van der Waals surface area contributed by atoms with Gasteiger partial charge in [0.15, 0.2) is 0 Å². The quantitative estimate of drug-likeness (QED) is 0.769. The largest absolute Gasteiger partial charge is 0.313 e. The lowest BCUT2D eigenvalue weighted by molar-refractivity contribution is 0.676. The van der Waals surface area contributed by atoms with Crippen LogP contribution in [-0.4, -0.2) is 6.54 Å². The van der Waals surface area contributed by atoms with Crippen molar-refractivity contribution in [1.82, 2.24) is 5.32 Å². The van der Waals surface area contributed by atoms with Crippen LogP contribution >= 0.6 is 0 Å². The van der Waals surface area contributed by atoms with Crippen LogP contribution in [0.1, 0.15) is 35.6 Å². The van der Waals surface area contributed by atoms with Gasteiger partial charge in [0.05, 0.1) is 0 Å². The summed E-state index contributed by atoms with van der Waals surface area (Å²) in [6.45, 7) is 10.8. The van der Waals surface area contributed by atoms with Gasteiger partial charge in [-0.05, 0) is 61.6 Å². The zero-order valence-electron chi connectivity index (χ0n) is 13.1. The van der Waals surface area contributed by atoms with Crippen molar-refractivity contribution in [2.24, 2.45) is 0 Å². The molecule has 106 valence electrons. The van der Waals surface area contributed by atoms with Gasteiger partial charge in [-0.1, -0.05) is 48.9 Å². The van der Waals surface area contributed by atoms with E-state index in [1.54, 1.807) is 0 Å². The van der Waals surface area contributed by atoms with E-state index in [2.05, 4.69) is 69.4 Å². The molecule has 2 rings (SSSR count). The Morgan fingerprint density at radius 2 is 1.75 bits per heavy atom. The highest BCUT2D eigenvalue weighted by atomic mass is 14.8. The molecule has 0 aliphatic rings. The maximum absolute atomic E-state index is 3.52. The predicted octanol–water partition coefficient (Wildman–Crippen LogP) is 4.78. The fraction of sp³-hybridized carbons (Fsp3) is 0.368. The minimum atomic E-state index is 0.941. The fourth-order valence-electron chi connectivity index (χ4n) is 2.54. The number of benzene rings is 2. The van der Waals surface area contributed by atoms with E-state index in [9.17, 15) is 0 Å². The first-order valence-electron chi connectivity index (χ1n) is 7.50. The summed E-state index contributed by atoms with van der Waals surface area (Å²) in [6.07, 6.45) is 1.17. The van der Waals surface area contributed by atoms with Gasteiger partial charge in [-0.25, -0.2) is 0 Å². The van der Waals surface area contributed by atoms with Gasteiger partial charge in [-0.15, -0.1) is 0 Å². The van der Waals surface area contributed by atoms with E-state index in [1.165, 1.54) is 39.8 Å². The summed E-state index contributed by atoms with van der Waals surface area (Å²) in [5.41, 5.74) is 8.18. The van der Waals surface area contributed by atoms with E-state index in [4.69, 9.17) is 0 Å². The standard InChI is InChI=1S/C19H25N/c1-5-11-20-13-17-10-9-14(2)12-19(17)18-8-6-7-15(3)16(18)4/h6-10,12,20H,5,11,13H2,1-4H3. The molecule has 0 saturated heterocycles.